The van der Waals surface area contributed by atoms with E-state index in [-0.39, 0.29) is 25.1 Å². The van der Waals surface area contributed by atoms with E-state index < -0.39 is 0 Å². The van der Waals surface area contributed by atoms with Gasteiger partial charge in [-0.15, -0.1) is 0 Å². The van der Waals surface area contributed by atoms with Gasteiger partial charge in [0, 0.05) is 18.8 Å². The highest BCUT2D eigenvalue weighted by Crippen LogP contribution is 2.11. The molecule has 1 aromatic carbocycles. The summed E-state index contributed by atoms with van der Waals surface area (Å²) in [6, 6.07) is 7.37. The van der Waals surface area contributed by atoms with E-state index in [0.29, 0.717) is 26.3 Å². The Balaban J connectivity index is 1.90. The molecule has 1 fully saturated rings. The molecule has 1 heterocycles. The first kappa shape index (κ1) is 14.9. The standard InChI is InChI=1S/C14H21N3O3/c15-7-11-2-1-3-12(6-11)16-14(19)8-17-4-5-20-10-13(17)9-18/h1-3,6,13,18H,4-5,7-10,15H2,(H,16,19). The first-order chi connectivity index (χ1) is 9.72. The van der Waals surface area contributed by atoms with Gasteiger partial charge in [0.05, 0.1) is 32.4 Å². The normalized spacial score (nSPS) is 19.8. The van der Waals surface area contributed by atoms with Gasteiger partial charge in [-0.3, -0.25) is 9.69 Å². The van der Waals surface area contributed by atoms with E-state index in [2.05, 4.69) is 5.32 Å². The summed E-state index contributed by atoms with van der Waals surface area (Å²) in [4.78, 5) is 14.0. The number of morpholine rings is 1. The first-order valence-corrected chi connectivity index (χ1v) is 6.74. The second kappa shape index (κ2) is 7.35. The lowest BCUT2D eigenvalue weighted by molar-refractivity contribution is -0.120. The predicted octanol–water partition coefficient (Wildman–Crippen LogP) is -0.223. The summed E-state index contributed by atoms with van der Waals surface area (Å²) in [7, 11) is 0. The quantitative estimate of drug-likeness (QED) is 0.693. The van der Waals surface area contributed by atoms with Crippen LogP contribution in [0.15, 0.2) is 24.3 Å². The number of aliphatic hydroxyl groups is 1. The highest BCUT2D eigenvalue weighted by atomic mass is 16.5. The molecule has 0 aromatic heterocycles. The van der Waals surface area contributed by atoms with Crippen LogP contribution in [0.2, 0.25) is 0 Å². The fourth-order valence-corrected chi connectivity index (χ4v) is 2.23. The van der Waals surface area contributed by atoms with Crippen molar-refractivity contribution in [3.8, 4) is 0 Å². The number of nitrogens with one attached hydrogen (secondary N) is 1. The third-order valence-corrected chi connectivity index (χ3v) is 3.35. The molecular formula is C14H21N3O3. The SMILES string of the molecule is NCc1cccc(NC(=O)CN2CCOCC2CO)c1. The number of ether oxygens (including phenoxy) is 1. The number of hydrogen-bond acceptors (Lipinski definition) is 5. The molecule has 1 aliphatic rings. The van der Waals surface area contributed by atoms with E-state index in [0.717, 1.165) is 11.3 Å². The molecule has 6 heteroatoms. The summed E-state index contributed by atoms with van der Waals surface area (Å²) in [5.74, 6) is -0.0977. The third kappa shape index (κ3) is 4.01. The average molecular weight is 279 g/mol. The molecule has 1 atom stereocenters. The average Bonchev–Trinajstić information content (AvgIpc) is 2.48. The number of carbonyl (C=O) groups is 1. The lowest BCUT2D eigenvalue weighted by Crippen LogP contribution is -2.50. The van der Waals surface area contributed by atoms with Crippen molar-refractivity contribution in [1.29, 1.82) is 0 Å². The molecule has 2 rings (SSSR count). The Hall–Kier alpha value is -1.47. The number of nitrogens with two attached hydrogens (primary N) is 1. The Bertz CT molecular complexity index is 453. The summed E-state index contributed by atoms with van der Waals surface area (Å²) in [6.45, 7) is 2.40. The lowest BCUT2D eigenvalue weighted by Gasteiger charge is -2.33. The number of anilines is 1. The van der Waals surface area contributed by atoms with Gasteiger partial charge in [-0.05, 0) is 17.7 Å². The zero-order chi connectivity index (χ0) is 14.4. The van der Waals surface area contributed by atoms with Crippen LogP contribution in [-0.2, 0) is 16.1 Å². The number of amides is 1. The van der Waals surface area contributed by atoms with Crippen LogP contribution < -0.4 is 11.1 Å². The molecular weight excluding hydrogens is 258 g/mol. The van der Waals surface area contributed by atoms with Crippen LogP contribution in [-0.4, -0.2) is 54.9 Å². The molecule has 1 unspecified atom stereocenters. The van der Waals surface area contributed by atoms with Crippen LogP contribution in [0.4, 0.5) is 5.69 Å². The number of nitrogens with zero attached hydrogens (tertiary/aromatic N) is 1. The van der Waals surface area contributed by atoms with Gasteiger partial charge in [-0.1, -0.05) is 12.1 Å². The minimum atomic E-state index is -0.107. The molecule has 1 amide bonds. The summed E-state index contributed by atoms with van der Waals surface area (Å²) in [6.07, 6.45) is 0. The molecule has 20 heavy (non-hydrogen) atoms. The highest BCUT2D eigenvalue weighted by Gasteiger charge is 2.24. The number of benzene rings is 1. The van der Waals surface area contributed by atoms with Crippen molar-refractivity contribution < 1.29 is 14.6 Å². The molecule has 6 nitrogen and oxygen atoms in total. The summed E-state index contributed by atoms with van der Waals surface area (Å²) in [5, 5.41) is 12.1. The van der Waals surface area contributed by atoms with Crippen molar-refractivity contribution in [2.45, 2.75) is 12.6 Å². The maximum absolute atomic E-state index is 12.0. The summed E-state index contributed by atoms with van der Waals surface area (Å²) < 4.78 is 5.29. The molecule has 0 spiro atoms. The van der Waals surface area contributed by atoms with Gasteiger partial charge in [-0.25, -0.2) is 0 Å². The van der Waals surface area contributed by atoms with Crippen molar-refractivity contribution in [3.63, 3.8) is 0 Å². The van der Waals surface area contributed by atoms with Crippen LogP contribution in [0.25, 0.3) is 0 Å². The molecule has 0 bridgehead atoms. The van der Waals surface area contributed by atoms with Crippen molar-refractivity contribution >= 4 is 11.6 Å². The Labute approximate surface area is 118 Å². The van der Waals surface area contributed by atoms with Gasteiger partial charge in [-0.2, -0.15) is 0 Å². The Morgan fingerprint density at radius 1 is 1.55 bits per heavy atom. The molecule has 110 valence electrons. The number of aliphatic hydroxyl groups excluding tert-OH is 1. The van der Waals surface area contributed by atoms with Gasteiger partial charge in [0.25, 0.3) is 0 Å². The lowest BCUT2D eigenvalue weighted by atomic mass is 10.2. The Morgan fingerprint density at radius 2 is 2.40 bits per heavy atom. The number of rotatable bonds is 5. The Morgan fingerprint density at radius 3 is 3.15 bits per heavy atom. The minimum Gasteiger partial charge on any atom is -0.395 e. The third-order valence-electron chi connectivity index (χ3n) is 3.35. The van der Waals surface area contributed by atoms with Crippen LogP contribution in [0.3, 0.4) is 0 Å². The smallest absolute Gasteiger partial charge is 0.238 e. The molecule has 1 aromatic rings. The van der Waals surface area contributed by atoms with Crippen LogP contribution in [0.5, 0.6) is 0 Å². The largest absolute Gasteiger partial charge is 0.395 e. The van der Waals surface area contributed by atoms with Crippen LogP contribution >= 0.6 is 0 Å². The van der Waals surface area contributed by atoms with E-state index in [1.165, 1.54) is 0 Å². The Kier molecular flexibility index (Phi) is 5.49. The fraction of sp³-hybridized carbons (Fsp3) is 0.500. The van der Waals surface area contributed by atoms with Crippen molar-refractivity contribution in [1.82, 2.24) is 4.90 Å². The summed E-state index contributed by atoms with van der Waals surface area (Å²) in [5.41, 5.74) is 7.29. The number of hydrogen-bond donors (Lipinski definition) is 3. The van der Waals surface area contributed by atoms with E-state index in [1.54, 1.807) is 0 Å². The first-order valence-electron chi connectivity index (χ1n) is 6.74. The molecule has 0 saturated carbocycles. The highest BCUT2D eigenvalue weighted by molar-refractivity contribution is 5.92. The minimum absolute atomic E-state index is 0.00403. The topological polar surface area (TPSA) is 87.8 Å². The monoisotopic (exact) mass is 279 g/mol. The van der Waals surface area contributed by atoms with Crippen LogP contribution in [0.1, 0.15) is 5.56 Å². The predicted molar refractivity (Wildman–Crippen MR) is 76.2 cm³/mol. The van der Waals surface area contributed by atoms with E-state index in [4.69, 9.17) is 10.5 Å². The van der Waals surface area contributed by atoms with Crippen molar-refractivity contribution in [2.75, 3.05) is 38.2 Å². The van der Waals surface area contributed by atoms with Gasteiger partial charge in [0.2, 0.25) is 5.91 Å². The zero-order valence-corrected chi connectivity index (χ0v) is 11.4. The van der Waals surface area contributed by atoms with E-state index >= 15 is 0 Å². The second-order valence-corrected chi connectivity index (χ2v) is 4.83. The van der Waals surface area contributed by atoms with E-state index in [1.807, 2.05) is 29.2 Å². The fourth-order valence-electron chi connectivity index (χ4n) is 2.23. The van der Waals surface area contributed by atoms with Crippen molar-refractivity contribution in [2.24, 2.45) is 5.73 Å². The van der Waals surface area contributed by atoms with Gasteiger partial charge in [0.15, 0.2) is 0 Å². The molecule has 1 aliphatic heterocycles. The van der Waals surface area contributed by atoms with Gasteiger partial charge in [0.1, 0.15) is 0 Å². The van der Waals surface area contributed by atoms with Crippen LogP contribution in [0, 0.1) is 0 Å². The van der Waals surface area contributed by atoms with Gasteiger partial charge < -0.3 is 20.9 Å². The molecule has 0 aliphatic carbocycles. The van der Waals surface area contributed by atoms with E-state index in [9.17, 15) is 9.90 Å². The van der Waals surface area contributed by atoms with Gasteiger partial charge >= 0.3 is 0 Å². The maximum atomic E-state index is 12.0. The second-order valence-electron chi connectivity index (χ2n) is 4.83. The number of carbonyl (C=O) groups excluding carboxylic acids is 1. The molecule has 0 radical (unpaired) electrons. The molecule has 4 N–H and O–H groups in total. The maximum Gasteiger partial charge on any atom is 0.238 e. The summed E-state index contributed by atoms with van der Waals surface area (Å²) >= 11 is 0. The van der Waals surface area contributed by atoms with Crippen molar-refractivity contribution in [3.05, 3.63) is 29.8 Å². The zero-order valence-electron chi connectivity index (χ0n) is 11.4. The molecule has 1 saturated heterocycles.